The van der Waals surface area contributed by atoms with Crippen molar-refractivity contribution in [1.82, 2.24) is 19.1 Å². The minimum absolute atomic E-state index is 0.238. The van der Waals surface area contributed by atoms with Crippen LogP contribution in [0.15, 0.2) is 194 Å². The highest BCUT2D eigenvalue weighted by Crippen LogP contribution is 2.52. The first-order chi connectivity index (χ1) is 30.0. The number of para-hydroxylation sites is 3. The van der Waals surface area contributed by atoms with Gasteiger partial charge < -0.3 is 4.57 Å². The first-order valence-corrected chi connectivity index (χ1v) is 21.1. The molecule has 286 valence electrons. The summed E-state index contributed by atoms with van der Waals surface area (Å²) >= 11 is 0. The van der Waals surface area contributed by atoms with Crippen molar-refractivity contribution in [3.63, 3.8) is 0 Å². The average Bonchev–Trinajstić information content (AvgIpc) is 3.83. The molecule has 9 aromatic carbocycles. The van der Waals surface area contributed by atoms with Gasteiger partial charge in [0.1, 0.15) is 0 Å². The molecule has 0 spiro atoms. The van der Waals surface area contributed by atoms with Gasteiger partial charge in [-0.2, -0.15) is 0 Å². The molecule has 0 fully saturated rings. The molecule has 0 bridgehead atoms. The quantitative estimate of drug-likeness (QED) is 0.178. The molecule has 1 aliphatic rings. The summed E-state index contributed by atoms with van der Waals surface area (Å²) in [4.78, 5) is 10.9. The summed E-state index contributed by atoms with van der Waals surface area (Å²) in [6.07, 6.45) is 0. The van der Waals surface area contributed by atoms with E-state index in [1.54, 1.807) is 0 Å². The molecule has 0 atom stereocenters. The Morgan fingerprint density at radius 2 is 1.07 bits per heavy atom. The molecule has 13 rings (SSSR count). The van der Waals surface area contributed by atoms with Crippen molar-refractivity contribution < 1.29 is 0 Å². The molecule has 3 aromatic heterocycles. The van der Waals surface area contributed by atoms with Crippen LogP contribution in [0.4, 0.5) is 0 Å². The molecule has 61 heavy (non-hydrogen) atoms. The number of aromatic nitrogens is 4. The molecule has 0 N–H and O–H groups in total. The van der Waals surface area contributed by atoms with Gasteiger partial charge in [0.15, 0.2) is 0 Å². The van der Waals surface area contributed by atoms with E-state index in [-0.39, 0.29) is 5.41 Å². The van der Waals surface area contributed by atoms with Crippen molar-refractivity contribution in [1.29, 1.82) is 0 Å². The Bertz CT molecular complexity index is 3770. The van der Waals surface area contributed by atoms with Gasteiger partial charge >= 0.3 is 0 Å². The van der Waals surface area contributed by atoms with Crippen LogP contribution in [0, 0.1) is 0 Å². The van der Waals surface area contributed by atoms with E-state index in [0.717, 1.165) is 38.9 Å². The fourth-order valence-electron chi connectivity index (χ4n) is 10.5. The van der Waals surface area contributed by atoms with E-state index in [0.29, 0.717) is 5.95 Å². The van der Waals surface area contributed by atoms with Crippen LogP contribution in [-0.4, -0.2) is 19.1 Å². The monoisotopic (exact) mass is 778 g/mol. The summed E-state index contributed by atoms with van der Waals surface area (Å²) in [6, 6.07) is 70.5. The summed E-state index contributed by atoms with van der Waals surface area (Å²) < 4.78 is 4.73. The lowest BCUT2D eigenvalue weighted by atomic mass is 9.68. The van der Waals surface area contributed by atoms with Gasteiger partial charge in [0.05, 0.1) is 33.3 Å². The van der Waals surface area contributed by atoms with Crippen LogP contribution in [-0.2, 0) is 5.41 Å². The number of benzene rings is 9. The standard InChI is InChI=1S/C57H38N4/c1-57(2)46-24-14-18-35-17-13-23-43(52(35)46)53-47(57)30-29-41-45-34-38(37-27-31-50-44(33-37)40-21-10-12-26-49(40)60(50)39-19-7-4-8-20-39)28-32-51(45)61(55(41)53)56-58-48-25-11-9-22-42(48)54(59-56)36-15-5-3-6-16-36/h3-34H,1-2H3. The zero-order chi connectivity index (χ0) is 40.4. The fraction of sp³-hybridized carbons (Fsp3) is 0.0526. The first-order valence-electron chi connectivity index (χ1n) is 21.1. The maximum absolute atomic E-state index is 5.51. The van der Waals surface area contributed by atoms with E-state index >= 15 is 0 Å². The van der Waals surface area contributed by atoms with Crippen LogP contribution in [0.3, 0.4) is 0 Å². The lowest BCUT2D eigenvalue weighted by Crippen LogP contribution is -2.24. The van der Waals surface area contributed by atoms with Crippen molar-refractivity contribution in [2.75, 3.05) is 0 Å². The Kier molecular flexibility index (Phi) is 7.04. The second kappa shape index (κ2) is 12.6. The van der Waals surface area contributed by atoms with Crippen molar-refractivity contribution in [3.05, 3.63) is 205 Å². The van der Waals surface area contributed by atoms with E-state index in [2.05, 4.69) is 217 Å². The highest BCUT2D eigenvalue weighted by Gasteiger charge is 2.36. The van der Waals surface area contributed by atoms with E-state index < -0.39 is 0 Å². The lowest BCUT2D eigenvalue weighted by Gasteiger charge is -2.35. The molecule has 0 saturated heterocycles. The van der Waals surface area contributed by atoms with Gasteiger partial charge in [-0.3, -0.25) is 4.57 Å². The van der Waals surface area contributed by atoms with Gasteiger partial charge in [-0.15, -0.1) is 0 Å². The van der Waals surface area contributed by atoms with Gasteiger partial charge in [0.2, 0.25) is 5.95 Å². The highest BCUT2D eigenvalue weighted by atomic mass is 15.2. The molecular weight excluding hydrogens is 741 g/mol. The molecule has 0 saturated carbocycles. The second-order valence-corrected chi connectivity index (χ2v) is 17.0. The molecular formula is C57H38N4. The van der Waals surface area contributed by atoms with Gasteiger partial charge in [-0.1, -0.05) is 159 Å². The number of nitrogens with zero attached hydrogens (tertiary/aromatic N) is 4. The van der Waals surface area contributed by atoms with Crippen LogP contribution in [0.2, 0.25) is 0 Å². The summed E-state index contributed by atoms with van der Waals surface area (Å²) in [6.45, 7) is 4.75. The molecule has 4 nitrogen and oxygen atoms in total. The van der Waals surface area contributed by atoms with Gasteiger partial charge in [0.25, 0.3) is 0 Å². The SMILES string of the molecule is CC1(C)c2ccc3c4cc(-c5ccc6c(c5)c5ccccc5n6-c5ccccc5)ccc4n(-c4nc(-c5ccccc5)c5ccccc5n4)c3c2-c2cccc3cccc1c23. The Morgan fingerprint density at radius 3 is 1.85 bits per heavy atom. The maximum Gasteiger partial charge on any atom is 0.235 e. The zero-order valence-corrected chi connectivity index (χ0v) is 33.8. The minimum Gasteiger partial charge on any atom is -0.309 e. The largest absolute Gasteiger partial charge is 0.309 e. The lowest BCUT2D eigenvalue weighted by molar-refractivity contribution is 0.646. The van der Waals surface area contributed by atoms with Gasteiger partial charge in [0, 0.05) is 49.2 Å². The first kappa shape index (κ1) is 34.1. The summed E-state index contributed by atoms with van der Waals surface area (Å²) in [5, 5.41) is 8.44. The molecule has 4 heteroatoms. The average molecular weight is 779 g/mol. The third-order valence-corrected chi connectivity index (χ3v) is 13.3. The van der Waals surface area contributed by atoms with E-state index in [1.807, 2.05) is 0 Å². The molecule has 3 heterocycles. The molecule has 1 aliphatic carbocycles. The third-order valence-electron chi connectivity index (χ3n) is 13.3. The third kappa shape index (κ3) is 4.82. The van der Waals surface area contributed by atoms with E-state index in [4.69, 9.17) is 9.97 Å². The van der Waals surface area contributed by atoms with Crippen LogP contribution in [0.5, 0.6) is 0 Å². The van der Waals surface area contributed by atoms with Crippen LogP contribution >= 0.6 is 0 Å². The van der Waals surface area contributed by atoms with E-state index in [1.165, 1.54) is 76.7 Å². The van der Waals surface area contributed by atoms with Crippen molar-refractivity contribution in [2.24, 2.45) is 0 Å². The predicted molar refractivity (Wildman–Crippen MR) is 254 cm³/mol. The van der Waals surface area contributed by atoms with Crippen LogP contribution < -0.4 is 0 Å². The summed E-state index contributed by atoms with van der Waals surface area (Å²) in [7, 11) is 0. The molecule has 0 radical (unpaired) electrons. The van der Waals surface area contributed by atoms with Crippen molar-refractivity contribution in [2.45, 2.75) is 19.3 Å². The number of rotatable bonds is 4. The Hall–Kier alpha value is -7.82. The molecule has 0 unspecified atom stereocenters. The zero-order valence-electron chi connectivity index (χ0n) is 33.8. The van der Waals surface area contributed by atoms with Crippen LogP contribution in [0.1, 0.15) is 25.0 Å². The minimum atomic E-state index is -0.238. The second-order valence-electron chi connectivity index (χ2n) is 17.0. The smallest absolute Gasteiger partial charge is 0.235 e. The fourth-order valence-corrected chi connectivity index (χ4v) is 10.5. The Balaban J connectivity index is 1.12. The van der Waals surface area contributed by atoms with Gasteiger partial charge in [-0.25, -0.2) is 9.97 Å². The van der Waals surface area contributed by atoms with E-state index in [9.17, 15) is 0 Å². The van der Waals surface area contributed by atoms with Gasteiger partial charge in [-0.05, 0) is 87.1 Å². The topological polar surface area (TPSA) is 35.6 Å². The Morgan fingerprint density at radius 1 is 0.426 bits per heavy atom. The maximum atomic E-state index is 5.51. The number of hydrogen-bond acceptors (Lipinski definition) is 2. The highest BCUT2D eigenvalue weighted by molar-refractivity contribution is 6.19. The summed E-state index contributed by atoms with van der Waals surface area (Å²) in [5.41, 5.74) is 15.9. The normalized spacial score (nSPS) is 13.2. The number of hydrogen-bond donors (Lipinski definition) is 0. The van der Waals surface area contributed by atoms with Crippen molar-refractivity contribution in [3.8, 4) is 45.1 Å². The molecule has 0 amide bonds. The number of fused-ring (bicyclic) bond motifs is 10. The predicted octanol–water partition coefficient (Wildman–Crippen LogP) is 14.6. The Labute approximate surface area is 352 Å². The molecule has 0 aliphatic heterocycles. The molecule has 12 aromatic rings. The summed E-state index contributed by atoms with van der Waals surface area (Å²) in [5.74, 6) is 0.665. The van der Waals surface area contributed by atoms with Crippen molar-refractivity contribution >= 4 is 65.3 Å². The van der Waals surface area contributed by atoms with Crippen LogP contribution in [0.25, 0.3) is 110 Å².